The molecule has 0 amide bonds. The van der Waals surface area contributed by atoms with Crippen molar-refractivity contribution in [1.29, 1.82) is 0 Å². The Bertz CT molecular complexity index is 748. The normalized spacial score (nSPS) is 10.7. The number of hydrogen-bond donors (Lipinski definition) is 1. The molecule has 2 N–H and O–H groups in total. The minimum absolute atomic E-state index is 0.383. The van der Waals surface area contributed by atoms with Crippen molar-refractivity contribution in [2.45, 2.75) is 13.8 Å². The number of aromatic nitrogens is 2. The Kier molecular flexibility index (Phi) is 2.99. The van der Waals surface area contributed by atoms with Crippen molar-refractivity contribution in [1.82, 2.24) is 10.1 Å². The molecule has 3 rings (SSSR count). The van der Waals surface area contributed by atoms with E-state index in [1.807, 2.05) is 24.3 Å². The average molecular weight is 265 g/mol. The molecule has 0 radical (unpaired) electrons. The first-order chi connectivity index (χ1) is 9.68. The van der Waals surface area contributed by atoms with Gasteiger partial charge in [-0.05, 0) is 31.0 Å². The number of nitrogens with two attached hydrogens (primary N) is 1. The number of pyridine rings is 1. The van der Waals surface area contributed by atoms with Gasteiger partial charge in [0.2, 0.25) is 0 Å². The predicted octanol–water partition coefficient (Wildman–Crippen LogP) is 3.60. The Morgan fingerprint density at radius 1 is 1.10 bits per heavy atom. The summed E-state index contributed by atoms with van der Waals surface area (Å²) in [4.78, 5) is 4.13. The van der Waals surface area contributed by atoms with Crippen molar-refractivity contribution < 1.29 is 4.52 Å². The molecule has 4 heteroatoms. The van der Waals surface area contributed by atoms with Crippen LogP contribution in [0.3, 0.4) is 0 Å². The van der Waals surface area contributed by atoms with E-state index in [0.717, 1.165) is 22.3 Å². The van der Waals surface area contributed by atoms with E-state index in [4.69, 9.17) is 10.3 Å². The highest BCUT2D eigenvalue weighted by Gasteiger charge is 2.19. The van der Waals surface area contributed by atoms with E-state index in [1.165, 1.54) is 5.56 Å². The summed E-state index contributed by atoms with van der Waals surface area (Å²) in [6.07, 6.45) is 3.49. The van der Waals surface area contributed by atoms with E-state index in [2.05, 4.69) is 30.1 Å². The maximum Gasteiger partial charge on any atom is 0.177 e. The Morgan fingerprint density at radius 2 is 1.95 bits per heavy atom. The Morgan fingerprint density at radius 3 is 2.70 bits per heavy atom. The predicted molar refractivity (Wildman–Crippen MR) is 79.1 cm³/mol. The van der Waals surface area contributed by atoms with E-state index < -0.39 is 0 Å². The van der Waals surface area contributed by atoms with Crippen LogP contribution in [0.1, 0.15) is 11.1 Å². The van der Waals surface area contributed by atoms with Crippen LogP contribution in [0, 0.1) is 13.8 Å². The van der Waals surface area contributed by atoms with Crippen molar-refractivity contribution in [3.8, 4) is 22.5 Å². The fourth-order valence-corrected chi connectivity index (χ4v) is 2.27. The van der Waals surface area contributed by atoms with Crippen LogP contribution in [-0.2, 0) is 0 Å². The highest BCUT2D eigenvalue weighted by atomic mass is 16.5. The van der Waals surface area contributed by atoms with E-state index in [0.29, 0.717) is 11.6 Å². The molecule has 100 valence electrons. The van der Waals surface area contributed by atoms with Gasteiger partial charge in [0.1, 0.15) is 0 Å². The number of aryl methyl sites for hydroxylation is 1. The molecular weight excluding hydrogens is 250 g/mol. The quantitative estimate of drug-likeness (QED) is 0.768. The van der Waals surface area contributed by atoms with Crippen molar-refractivity contribution in [3.05, 3.63) is 53.9 Å². The van der Waals surface area contributed by atoms with Crippen LogP contribution < -0.4 is 5.73 Å². The molecule has 4 nitrogen and oxygen atoms in total. The molecule has 3 aromatic rings. The molecule has 20 heavy (non-hydrogen) atoms. The second-order valence-electron chi connectivity index (χ2n) is 4.76. The first kappa shape index (κ1) is 12.4. The van der Waals surface area contributed by atoms with Crippen molar-refractivity contribution in [2.24, 2.45) is 0 Å². The summed E-state index contributed by atoms with van der Waals surface area (Å²) >= 11 is 0. The molecule has 0 unspecified atom stereocenters. The fourth-order valence-electron chi connectivity index (χ4n) is 2.27. The number of rotatable bonds is 2. The highest BCUT2D eigenvalue weighted by molar-refractivity contribution is 5.87. The van der Waals surface area contributed by atoms with Crippen molar-refractivity contribution in [3.63, 3.8) is 0 Å². The topological polar surface area (TPSA) is 64.9 Å². The molecule has 1 aromatic carbocycles. The van der Waals surface area contributed by atoms with Gasteiger partial charge < -0.3 is 10.3 Å². The highest BCUT2D eigenvalue weighted by Crippen LogP contribution is 2.37. The van der Waals surface area contributed by atoms with Crippen molar-refractivity contribution in [2.75, 3.05) is 5.73 Å². The van der Waals surface area contributed by atoms with Gasteiger partial charge in [-0.1, -0.05) is 29.4 Å². The van der Waals surface area contributed by atoms with Gasteiger partial charge in [-0.3, -0.25) is 4.98 Å². The summed E-state index contributed by atoms with van der Waals surface area (Å²) in [5, 5.41) is 3.92. The minimum atomic E-state index is 0.383. The molecule has 2 heterocycles. The van der Waals surface area contributed by atoms with Gasteiger partial charge in [0.05, 0.1) is 5.56 Å². The second-order valence-corrected chi connectivity index (χ2v) is 4.76. The minimum Gasteiger partial charge on any atom is -0.380 e. The van der Waals surface area contributed by atoms with E-state index >= 15 is 0 Å². The lowest BCUT2D eigenvalue weighted by molar-refractivity contribution is 0.436. The molecule has 0 fully saturated rings. The lowest BCUT2D eigenvalue weighted by Gasteiger charge is -2.07. The zero-order valence-electron chi connectivity index (χ0n) is 11.4. The van der Waals surface area contributed by atoms with Crippen LogP contribution in [-0.4, -0.2) is 10.1 Å². The fraction of sp³-hybridized carbons (Fsp3) is 0.125. The van der Waals surface area contributed by atoms with Gasteiger partial charge in [0.25, 0.3) is 0 Å². The summed E-state index contributed by atoms with van der Waals surface area (Å²) < 4.78 is 5.47. The van der Waals surface area contributed by atoms with Crippen molar-refractivity contribution >= 4 is 5.82 Å². The molecule has 0 aliphatic carbocycles. The van der Waals surface area contributed by atoms with Gasteiger partial charge in [-0.2, -0.15) is 0 Å². The van der Waals surface area contributed by atoms with Crippen LogP contribution in [0.2, 0.25) is 0 Å². The van der Waals surface area contributed by atoms with Gasteiger partial charge in [-0.15, -0.1) is 0 Å². The van der Waals surface area contributed by atoms with Gasteiger partial charge in [0, 0.05) is 23.5 Å². The monoisotopic (exact) mass is 265 g/mol. The van der Waals surface area contributed by atoms with Crippen LogP contribution in [0.15, 0.2) is 47.2 Å². The van der Waals surface area contributed by atoms with E-state index in [-0.39, 0.29) is 0 Å². The third kappa shape index (κ3) is 1.95. The molecule has 0 spiro atoms. The summed E-state index contributed by atoms with van der Waals surface area (Å²) in [5.74, 6) is 1.07. The molecular formula is C16H15N3O. The maximum atomic E-state index is 5.97. The Balaban J connectivity index is 2.24. The molecule has 0 aliphatic rings. The summed E-state index contributed by atoms with van der Waals surface area (Å²) in [6.45, 7) is 4.14. The standard InChI is InChI=1S/C16H15N3O/c1-10-5-3-7-13(11(10)2)15-14(16(17)19-20-15)12-6-4-8-18-9-12/h3-9H,1-2H3,(H2,17,19). The first-order valence-electron chi connectivity index (χ1n) is 6.40. The van der Waals surface area contributed by atoms with Gasteiger partial charge >= 0.3 is 0 Å². The van der Waals surface area contributed by atoms with Crippen LogP contribution >= 0.6 is 0 Å². The number of benzene rings is 1. The SMILES string of the molecule is Cc1cccc(-c2onc(N)c2-c2cccnc2)c1C. The molecule has 0 atom stereocenters. The second kappa shape index (κ2) is 4.81. The maximum absolute atomic E-state index is 5.97. The third-order valence-electron chi connectivity index (χ3n) is 3.52. The van der Waals surface area contributed by atoms with Crippen LogP contribution in [0.4, 0.5) is 5.82 Å². The Labute approximate surface area is 117 Å². The molecule has 0 saturated carbocycles. The lowest BCUT2D eigenvalue weighted by Crippen LogP contribution is -1.91. The number of anilines is 1. The third-order valence-corrected chi connectivity index (χ3v) is 3.52. The largest absolute Gasteiger partial charge is 0.380 e. The summed E-state index contributed by atoms with van der Waals surface area (Å²) in [6, 6.07) is 9.91. The zero-order chi connectivity index (χ0) is 14.1. The summed E-state index contributed by atoms with van der Waals surface area (Å²) in [7, 11) is 0. The van der Waals surface area contributed by atoms with Gasteiger partial charge in [0.15, 0.2) is 11.6 Å². The Hall–Kier alpha value is -2.62. The lowest BCUT2D eigenvalue weighted by atomic mass is 9.97. The number of nitrogens with zero attached hydrogens (tertiary/aromatic N) is 2. The average Bonchev–Trinajstić information content (AvgIpc) is 2.84. The van der Waals surface area contributed by atoms with E-state index in [9.17, 15) is 0 Å². The van der Waals surface area contributed by atoms with E-state index in [1.54, 1.807) is 12.4 Å². The van der Waals surface area contributed by atoms with Crippen LogP contribution in [0.5, 0.6) is 0 Å². The molecule has 0 aliphatic heterocycles. The molecule has 0 saturated heterocycles. The molecule has 0 bridgehead atoms. The van der Waals surface area contributed by atoms with Crippen LogP contribution in [0.25, 0.3) is 22.5 Å². The first-order valence-corrected chi connectivity index (χ1v) is 6.40. The zero-order valence-corrected chi connectivity index (χ0v) is 11.4. The van der Waals surface area contributed by atoms with Gasteiger partial charge in [-0.25, -0.2) is 0 Å². The number of nitrogen functional groups attached to an aromatic ring is 1. The smallest absolute Gasteiger partial charge is 0.177 e. The molecule has 2 aromatic heterocycles. The number of hydrogen-bond acceptors (Lipinski definition) is 4. The summed E-state index contributed by atoms with van der Waals surface area (Å²) in [5.41, 5.74) is 11.0.